The van der Waals surface area contributed by atoms with Crippen LogP contribution in [0.1, 0.15) is 43.8 Å². The molecule has 3 nitrogen and oxygen atoms in total. The zero-order chi connectivity index (χ0) is 16.1. The number of hydrogen-bond acceptors (Lipinski definition) is 2. The lowest BCUT2D eigenvalue weighted by molar-refractivity contribution is 0.231. The van der Waals surface area contributed by atoms with Crippen LogP contribution < -0.4 is 4.90 Å². The van der Waals surface area contributed by atoms with Crippen molar-refractivity contribution in [2.45, 2.75) is 33.2 Å². The normalized spacial score (nSPS) is 12.6. The molecule has 0 saturated carbocycles. The lowest BCUT2D eigenvalue weighted by Gasteiger charge is -2.25. The summed E-state index contributed by atoms with van der Waals surface area (Å²) in [5.41, 5.74) is 5.23. The number of aromatic amines is 1. The van der Waals surface area contributed by atoms with Crippen LogP contribution in [0.5, 0.6) is 0 Å². The van der Waals surface area contributed by atoms with Crippen LogP contribution in [0.2, 0.25) is 0 Å². The summed E-state index contributed by atoms with van der Waals surface area (Å²) < 4.78 is 0. The van der Waals surface area contributed by atoms with E-state index in [9.17, 15) is 0 Å². The third-order valence-corrected chi connectivity index (χ3v) is 4.43. The summed E-state index contributed by atoms with van der Waals surface area (Å²) in [5.74, 6) is 0. The molecule has 1 heterocycles. The summed E-state index contributed by atoms with van der Waals surface area (Å²) in [4.78, 5) is 8.26. The number of rotatable bonds is 7. The average molecular weight is 299 g/mol. The molecular weight excluding hydrogens is 270 g/mol. The zero-order valence-electron chi connectivity index (χ0n) is 14.6. The maximum Gasteiger partial charge on any atom is 0.0469 e. The zero-order valence-corrected chi connectivity index (χ0v) is 14.6. The van der Waals surface area contributed by atoms with Gasteiger partial charge >= 0.3 is 0 Å². The third kappa shape index (κ3) is 3.72. The standard InChI is InChI=1S/C19H29N3/c1-6-22(7-2)15(3)18-13-12-17(20-18)14-16-10-8-9-11-19(16)21(4)5/h8-13,15,20H,6-7,14H2,1-5H3. The van der Waals surface area contributed by atoms with Crippen molar-refractivity contribution < 1.29 is 0 Å². The summed E-state index contributed by atoms with van der Waals surface area (Å²) >= 11 is 0. The monoisotopic (exact) mass is 299 g/mol. The van der Waals surface area contributed by atoms with Crippen molar-refractivity contribution in [3.63, 3.8) is 0 Å². The van der Waals surface area contributed by atoms with E-state index in [0.29, 0.717) is 6.04 Å². The minimum atomic E-state index is 0.438. The van der Waals surface area contributed by atoms with Gasteiger partial charge in [0.05, 0.1) is 0 Å². The van der Waals surface area contributed by atoms with Gasteiger partial charge < -0.3 is 9.88 Å². The Morgan fingerprint density at radius 3 is 2.32 bits per heavy atom. The summed E-state index contributed by atoms with van der Waals surface area (Å²) in [7, 11) is 4.20. The van der Waals surface area contributed by atoms with Crippen LogP contribution in [0.25, 0.3) is 0 Å². The summed E-state index contributed by atoms with van der Waals surface area (Å²) in [6.45, 7) is 8.87. The molecule has 1 atom stereocenters. The number of benzene rings is 1. The van der Waals surface area contributed by atoms with Gasteiger partial charge in [-0.1, -0.05) is 32.0 Å². The molecule has 1 unspecified atom stereocenters. The molecule has 2 rings (SSSR count). The van der Waals surface area contributed by atoms with E-state index in [1.807, 2.05) is 0 Å². The van der Waals surface area contributed by atoms with Crippen LogP contribution in [0, 0.1) is 0 Å². The number of hydrogen-bond donors (Lipinski definition) is 1. The molecule has 2 aromatic rings. The second-order valence-electron chi connectivity index (χ2n) is 6.04. The number of para-hydroxylation sites is 1. The van der Waals surface area contributed by atoms with Crippen molar-refractivity contribution in [3.05, 3.63) is 53.3 Å². The van der Waals surface area contributed by atoms with E-state index in [2.05, 4.69) is 86.0 Å². The fourth-order valence-corrected chi connectivity index (χ4v) is 3.08. The maximum atomic E-state index is 3.62. The second kappa shape index (κ2) is 7.50. The molecule has 3 heteroatoms. The molecule has 1 aromatic carbocycles. The molecule has 0 aliphatic carbocycles. The van der Waals surface area contributed by atoms with Gasteiger partial charge in [0.2, 0.25) is 0 Å². The third-order valence-electron chi connectivity index (χ3n) is 4.43. The van der Waals surface area contributed by atoms with Crippen molar-refractivity contribution in [2.24, 2.45) is 0 Å². The number of aromatic nitrogens is 1. The Balaban J connectivity index is 2.16. The van der Waals surface area contributed by atoms with Crippen LogP contribution in [-0.4, -0.2) is 37.1 Å². The van der Waals surface area contributed by atoms with Gasteiger partial charge in [-0.05, 0) is 43.8 Å². The fraction of sp³-hybridized carbons (Fsp3) is 0.474. The first-order chi connectivity index (χ1) is 10.6. The lowest BCUT2D eigenvalue weighted by Crippen LogP contribution is -2.26. The van der Waals surface area contributed by atoms with Crippen LogP contribution in [0.3, 0.4) is 0 Å². The maximum absolute atomic E-state index is 3.62. The highest BCUT2D eigenvalue weighted by Crippen LogP contribution is 2.23. The van der Waals surface area contributed by atoms with Crippen molar-refractivity contribution in [1.82, 2.24) is 9.88 Å². The van der Waals surface area contributed by atoms with E-state index in [-0.39, 0.29) is 0 Å². The van der Waals surface area contributed by atoms with Crippen molar-refractivity contribution in [2.75, 3.05) is 32.1 Å². The highest BCUT2D eigenvalue weighted by molar-refractivity contribution is 5.53. The summed E-state index contributed by atoms with van der Waals surface area (Å²) in [6.07, 6.45) is 0.944. The second-order valence-corrected chi connectivity index (χ2v) is 6.04. The van der Waals surface area contributed by atoms with Gasteiger partial charge in [0.15, 0.2) is 0 Å². The van der Waals surface area contributed by atoms with E-state index < -0.39 is 0 Å². The van der Waals surface area contributed by atoms with Gasteiger partial charge in [0.1, 0.15) is 0 Å². The highest BCUT2D eigenvalue weighted by atomic mass is 15.1. The Kier molecular flexibility index (Phi) is 5.67. The summed E-state index contributed by atoms with van der Waals surface area (Å²) in [6, 6.07) is 13.5. The molecule has 0 aliphatic rings. The van der Waals surface area contributed by atoms with Gasteiger partial charge in [0, 0.05) is 43.6 Å². The van der Waals surface area contributed by atoms with Crippen molar-refractivity contribution in [1.29, 1.82) is 0 Å². The Morgan fingerprint density at radius 1 is 1.00 bits per heavy atom. The molecule has 0 aliphatic heterocycles. The number of H-pyrrole nitrogens is 1. The van der Waals surface area contributed by atoms with Crippen molar-refractivity contribution >= 4 is 5.69 Å². The van der Waals surface area contributed by atoms with Gasteiger partial charge in [-0.25, -0.2) is 0 Å². The van der Waals surface area contributed by atoms with E-state index in [1.165, 1.54) is 22.6 Å². The fourth-order valence-electron chi connectivity index (χ4n) is 3.08. The summed E-state index contributed by atoms with van der Waals surface area (Å²) in [5, 5.41) is 0. The molecule has 1 N–H and O–H groups in total. The topological polar surface area (TPSA) is 22.3 Å². The molecule has 0 amide bonds. The molecule has 0 spiro atoms. The molecule has 0 bridgehead atoms. The Bertz CT molecular complexity index is 582. The molecule has 0 saturated heterocycles. The number of anilines is 1. The van der Waals surface area contributed by atoms with E-state index >= 15 is 0 Å². The van der Waals surface area contributed by atoms with E-state index in [1.54, 1.807) is 0 Å². The Morgan fingerprint density at radius 2 is 1.68 bits per heavy atom. The van der Waals surface area contributed by atoms with E-state index in [0.717, 1.165) is 19.5 Å². The van der Waals surface area contributed by atoms with Gasteiger partial charge in [-0.3, -0.25) is 4.90 Å². The number of nitrogens with one attached hydrogen (secondary N) is 1. The smallest absolute Gasteiger partial charge is 0.0469 e. The van der Waals surface area contributed by atoms with Gasteiger partial charge in [-0.2, -0.15) is 0 Å². The molecule has 0 fully saturated rings. The first kappa shape index (κ1) is 16.6. The first-order valence-corrected chi connectivity index (χ1v) is 8.23. The largest absolute Gasteiger partial charge is 0.377 e. The molecule has 0 radical (unpaired) electrons. The predicted molar refractivity (Wildman–Crippen MR) is 95.7 cm³/mol. The van der Waals surface area contributed by atoms with Crippen LogP contribution in [0.4, 0.5) is 5.69 Å². The average Bonchev–Trinajstić information content (AvgIpc) is 2.97. The van der Waals surface area contributed by atoms with Crippen molar-refractivity contribution in [3.8, 4) is 0 Å². The molecule has 22 heavy (non-hydrogen) atoms. The quantitative estimate of drug-likeness (QED) is 0.832. The van der Waals surface area contributed by atoms with Gasteiger partial charge in [0.25, 0.3) is 0 Å². The van der Waals surface area contributed by atoms with Crippen LogP contribution >= 0.6 is 0 Å². The minimum absolute atomic E-state index is 0.438. The number of nitrogens with zero attached hydrogens (tertiary/aromatic N) is 2. The SMILES string of the molecule is CCN(CC)C(C)c1ccc(Cc2ccccc2N(C)C)[nH]1. The minimum Gasteiger partial charge on any atom is -0.377 e. The highest BCUT2D eigenvalue weighted by Gasteiger charge is 2.14. The molecular formula is C19H29N3. The van der Waals surface area contributed by atoms with Crippen LogP contribution in [-0.2, 0) is 6.42 Å². The van der Waals surface area contributed by atoms with E-state index in [4.69, 9.17) is 0 Å². The Labute approximate surface area is 135 Å². The first-order valence-electron chi connectivity index (χ1n) is 8.23. The van der Waals surface area contributed by atoms with Gasteiger partial charge in [-0.15, -0.1) is 0 Å². The molecule has 1 aromatic heterocycles. The Hall–Kier alpha value is -1.74. The van der Waals surface area contributed by atoms with Crippen LogP contribution in [0.15, 0.2) is 36.4 Å². The lowest BCUT2D eigenvalue weighted by atomic mass is 10.1. The molecule has 120 valence electrons. The predicted octanol–water partition coefficient (Wildman–Crippen LogP) is 4.07.